The summed E-state index contributed by atoms with van der Waals surface area (Å²) in [6.45, 7) is 0. The quantitative estimate of drug-likeness (QED) is 0.475. The Labute approximate surface area is 104 Å². The van der Waals surface area contributed by atoms with Crippen molar-refractivity contribution in [3.8, 4) is 0 Å². The third-order valence-electron chi connectivity index (χ3n) is 2.00. The lowest BCUT2D eigenvalue weighted by atomic mass is 10.2. The van der Waals surface area contributed by atoms with Crippen LogP contribution in [0.5, 0.6) is 0 Å². The first-order chi connectivity index (χ1) is 7.50. The Balaban J connectivity index is 2.72. The maximum absolute atomic E-state index is 11.0. The normalized spacial score (nSPS) is 10.6. The molecular weight excluding hydrogens is 273 g/mol. The molecule has 0 fully saturated rings. The van der Waals surface area contributed by atoms with Gasteiger partial charge in [0.15, 0.2) is 0 Å². The number of nitro groups is 1. The molecule has 2 aromatic rings. The smallest absolute Gasteiger partial charge is 0.270 e. The van der Waals surface area contributed by atoms with Crippen LogP contribution < -0.4 is 0 Å². The van der Waals surface area contributed by atoms with Crippen molar-refractivity contribution in [2.45, 2.75) is 0 Å². The number of nitrogens with zero attached hydrogens (tertiary/aromatic N) is 1. The number of carbonyl (C=O) groups excluding carboxylic acids is 1. The lowest BCUT2D eigenvalue weighted by molar-refractivity contribution is -0.384. The molecule has 0 saturated heterocycles. The van der Waals surface area contributed by atoms with Crippen LogP contribution in [0.1, 0.15) is 9.67 Å². The molecular formula is C9H3Cl2NO3S. The van der Waals surface area contributed by atoms with Gasteiger partial charge in [-0.1, -0.05) is 11.6 Å². The molecule has 0 radical (unpaired) electrons. The van der Waals surface area contributed by atoms with E-state index in [0.29, 0.717) is 10.1 Å². The fraction of sp³-hybridized carbons (Fsp3) is 0. The van der Waals surface area contributed by atoms with Crippen molar-refractivity contribution < 1.29 is 9.72 Å². The number of hydrogen-bond acceptors (Lipinski definition) is 4. The summed E-state index contributed by atoms with van der Waals surface area (Å²) in [5.41, 5.74) is -0.0426. The standard InChI is InChI=1S/C9H3Cl2NO3S/c10-7-5-2-1-4(12(14)15)3-6(5)16-8(7)9(11)13/h1-3H. The highest BCUT2D eigenvalue weighted by atomic mass is 35.5. The molecule has 1 aromatic carbocycles. The van der Waals surface area contributed by atoms with Gasteiger partial charge in [-0.3, -0.25) is 14.9 Å². The van der Waals surface area contributed by atoms with Crippen molar-refractivity contribution in [1.29, 1.82) is 0 Å². The zero-order chi connectivity index (χ0) is 11.9. The van der Waals surface area contributed by atoms with Gasteiger partial charge in [-0.2, -0.15) is 0 Å². The first-order valence-electron chi connectivity index (χ1n) is 4.07. The fourth-order valence-electron chi connectivity index (χ4n) is 1.29. The van der Waals surface area contributed by atoms with Crippen LogP contribution in [0.3, 0.4) is 0 Å². The molecule has 0 aliphatic carbocycles. The molecule has 0 saturated carbocycles. The Bertz CT molecular complexity index is 608. The second-order valence-corrected chi connectivity index (χ2v) is 4.73. The fourth-order valence-corrected chi connectivity index (χ4v) is 2.93. The molecule has 4 nitrogen and oxygen atoms in total. The van der Waals surface area contributed by atoms with Gasteiger partial charge in [0.1, 0.15) is 4.88 Å². The molecule has 1 aromatic heterocycles. The molecule has 0 N–H and O–H groups in total. The third-order valence-corrected chi connectivity index (χ3v) is 3.96. The van der Waals surface area contributed by atoms with Crippen molar-refractivity contribution in [1.82, 2.24) is 0 Å². The van der Waals surface area contributed by atoms with E-state index >= 15 is 0 Å². The summed E-state index contributed by atoms with van der Waals surface area (Å²) in [7, 11) is 0. The lowest BCUT2D eigenvalue weighted by Gasteiger charge is -1.91. The summed E-state index contributed by atoms with van der Waals surface area (Å²) in [6, 6.07) is 4.22. The first-order valence-corrected chi connectivity index (χ1v) is 5.64. The van der Waals surface area contributed by atoms with Gasteiger partial charge in [0.2, 0.25) is 0 Å². The minimum Gasteiger partial charge on any atom is -0.275 e. The average molecular weight is 276 g/mol. The van der Waals surface area contributed by atoms with Gasteiger partial charge in [-0.25, -0.2) is 0 Å². The number of benzene rings is 1. The van der Waals surface area contributed by atoms with Crippen LogP contribution in [0.4, 0.5) is 5.69 Å². The van der Waals surface area contributed by atoms with Crippen LogP contribution in [0, 0.1) is 10.1 Å². The second kappa shape index (κ2) is 4.01. The van der Waals surface area contributed by atoms with Crippen molar-refractivity contribution in [2.24, 2.45) is 0 Å². The summed E-state index contributed by atoms with van der Waals surface area (Å²) in [5.74, 6) is 0. The molecule has 0 atom stereocenters. The maximum Gasteiger partial charge on any atom is 0.270 e. The van der Waals surface area contributed by atoms with E-state index in [1.807, 2.05) is 0 Å². The topological polar surface area (TPSA) is 60.2 Å². The van der Waals surface area contributed by atoms with Gasteiger partial charge in [0.25, 0.3) is 10.9 Å². The minimum absolute atomic E-state index is 0.0426. The molecule has 0 unspecified atom stereocenters. The van der Waals surface area contributed by atoms with Crippen LogP contribution in [-0.4, -0.2) is 10.2 Å². The predicted octanol–water partition coefficient (Wildman–Crippen LogP) is 3.84. The van der Waals surface area contributed by atoms with Crippen molar-refractivity contribution in [3.05, 3.63) is 38.2 Å². The van der Waals surface area contributed by atoms with Gasteiger partial charge in [-0.15, -0.1) is 11.3 Å². The van der Waals surface area contributed by atoms with E-state index in [-0.39, 0.29) is 15.6 Å². The summed E-state index contributed by atoms with van der Waals surface area (Å²) >= 11 is 12.3. The number of non-ortho nitro benzene ring substituents is 1. The van der Waals surface area contributed by atoms with E-state index in [4.69, 9.17) is 23.2 Å². The zero-order valence-electron chi connectivity index (χ0n) is 7.57. The number of hydrogen-bond donors (Lipinski definition) is 0. The van der Waals surface area contributed by atoms with E-state index in [1.54, 1.807) is 0 Å². The number of halogens is 2. The Hall–Kier alpha value is -1.17. The van der Waals surface area contributed by atoms with E-state index < -0.39 is 10.2 Å². The molecule has 82 valence electrons. The highest BCUT2D eigenvalue weighted by Crippen LogP contribution is 2.37. The van der Waals surface area contributed by atoms with Gasteiger partial charge in [-0.05, 0) is 17.7 Å². The van der Waals surface area contributed by atoms with Gasteiger partial charge in [0, 0.05) is 22.2 Å². The lowest BCUT2D eigenvalue weighted by Crippen LogP contribution is -1.85. The van der Waals surface area contributed by atoms with Crippen LogP contribution in [-0.2, 0) is 0 Å². The zero-order valence-corrected chi connectivity index (χ0v) is 9.90. The van der Waals surface area contributed by atoms with Crippen LogP contribution in [0.2, 0.25) is 5.02 Å². The average Bonchev–Trinajstić information content (AvgIpc) is 2.55. The summed E-state index contributed by atoms with van der Waals surface area (Å²) in [4.78, 5) is 21.3. The number of fused-ring (bicyclic) bond motifs is 1. The first kappa shape index (κ1) is 11.3. The second-order valence-electron chi connectivity index (χ2n) is 2.96. The highest BCUT2D eigenvalue weighted by molar-refractivity contribution is 7.23. The Morgan fingerprint density at radius 2 is 2.12 bits per heavy atom. The number of thiophene rings is 1. The summed E-state index contributed by atoms with van der Waals surface area (Å²) in [6.07, 6.45) is 0. The van der Waals surface area contributed by atoms with Gasteiger partial charge in [0.05, 0.1) is 9.95 Å². The Morgan fingerprint density at radius 3 is 2.69 bits per heavy atom. The van der Waals surface area contributed by atoms with Gasteiger partial charge >= 0.3 is 0 Å². The van der Waals surface area contributed by atoms with E-state index in [1.165, 1.54) is 18.2 Å². The summed E-state index contributed by atoms with van der Waals surface area (Å²) in [5, 5.41) is 10.7. The van der Waals surface area contributed by atoms with Crippen LogP contribution in [0.15, 0.2) is 18.2 Å². The SMILES string of the molecule is O=C(Cl)c1sc2cc([N+](=O)[O-])ccc2c1Cl. The monoisotopic (exact) mass is 275 g/mol. The number of rotatable bonds is 2. The molecule has 1 heterocycles. The van der Waals surface area contributed by atoms with Crippen LogP contribution >= 0.6 is 34.5 Å². The highest BCUT2D eigenvalue weighted by Gasteiger charge is 2.17. The van der Waals surface area contributed by atoms with E-state index in [0.717, 1.165) is 11.3 Å². The summed E-state index contributed by atoms with van der Waals surface area (Å²) < 4.78 is 0.572. The van der Waals surface area contributed by atoms with E-state index in [2.05, 4.69) is 0 Å². The molecule has 0 spiro atoms. The van der Waals surface area contributed by atoms with Gasteiger partial charge < -0.3 is 0 Å². The van der Waals surface area contributed by atoms with Crippen molar-refractivity contribution >= 4 is 55.6 Å². The molecule has 0 amide bonds. The Morgan fingerprint density at radius 1 is 1.44 bits per heavy atom. The van der Waals surface area contributed by atoms with E-state index in [9.17, 15) is 14.9 Å². The third kappa shape index (κ3) is 1.77. The molecule has 2 rings (SSSR count). The Kier molecular flexibility index (Phi) is 2.84. The van der Waals surface area contributed by atoms with Crippen molar-refractivity contribution in [3.63, 3.8) is 0 Å². The molecule has 7 heteroatoms. The molecule has 16 heavy (non-hydrogen) atoms. The largest absolute Gasteiger partial charge is 0.275 e. The maximum atomic E-state index is 11.0. The van der Waals surface area contributed by atoms with Crippen LogP contribution in [0.25, 0.3) is 10.1 Å². The minimum atomic E-state index is -0.658. The molecule has 0 aliphatic heterocycles. The predicted molar refractivity (Wildman–Crippen MR) is 63.7 cm³/mol. The molecule has 0 aliphatic rings. The number of nitro benzene ring substituents is 1. The molecule has 0 bridgehead atoms. The number of carbonyl (C=O) groups is 1. The van der Waals surface area contributed by atoms with Crippen molar-refractivity contribution in [2.75, 3.05) is 0 Å².